The number of amides is 1. The number of carbonyl (C=O) groups excluding carboxylic acids is 3. The summed E-state index contributed by atoms with van der Waals surface area (Å²) in [6, 6.07) is 6.26. The molecule has 28 heavy (non-hydrogen) atoms. The third-order valence-electron chi connectivity index (χ3n) is 4.52. The maximum Gasteiger partial charge on any atom is 0.341 e. The highest BCUT2D eigenvalue weighted by Gasteiger charge is 2.27. The standard InChI is InChI=1S/C20H21NO6S/c1-26-20(25)17-14-4-2-3-5-15(14)28-18(17)21-16(23)11-27-19(24)13-8-6-12(10-22)7-9-13/h6-9,22H,2-5,10-11H2,1H3,(H,21,23). The summed E-state index contributed by atoms with van der Waals surface area (Å²) in [6.45, 7) is -0.588. The minimum absolute atomic E-state index is 0.120. The minimum Gasteiger partial charge on any atom is -0.465 e. The molecule has 148 valence electrons. The van der Waals surface area contributed by atoms with Gasteiger partial charge in [-0.25, -0.2) is 9.59 Å². The molecule has 2 N–H and O–H groups in total. The molecule has 0 radical (unpaired) electrons. The number of methoxy groups -OCH3 is 1. The number of benzene rings is 1. The fraction of sp³-hybridized carbons (Fsp3) is 0.350. The molecular weight excluding hydrogens is 382 g/mol. The Morgan fingerprint density at radius 2 is 1.82 bits per heavy atom. The van der Waals surface area contributed by atoms with Crippen LogP contribution in [0, 0.1) is 0 Å². The summed E-state index contributed by atoms with van der Waals surface area (Å²) in [5, 5.41) is 12.1. The maximum absolute atomic E-state index is 12.3. The molecule has 0 saturated carbocycles. The number of rotatable bonds is 6. The van der Waals surface area contributed by atoms with E-state index in [0.717, 1.165) is 36.1 Å². The van der Waals surface area contributed by atoms with Gasteiger partial charge in [0.05, 0.1) is 24.8 Å². The molecule has 3 rings (SSSR count). The molecule has 1 aromatic carbocycles. The second-order valence-corrected chi connectivity index (χ2v) is 7.49. The Bertz CT molecular complexity index is 887. The van der Waals surface area contributed by atoms with Crippen LogP contribution in [-0.2, 0) is 33.7 Å². The fourth-order valence-electron chi connectivity index (χ4n) is 3.10. The van der Waals surface area contributed by atoms with E-state index in [0.29, 0.717) is 16.1 Å². The van der Waals surface area contributed by atoms with Crippen molar-refractivity contribution in [1.82, 2.24) is 0 Å². The van der Waals surface area contributed by atoms with Crippen molar-refractivity contribution in [3.8, 4) is 0 Å². The topological polar surface area (TPSA) is 102 Å². The highest BCUT2D eigenvalue weighted by atomic mass is 32.1. The van der Waals surface area contributed by atoms with Crippen molar-refractivity contribution in [2.24, 2.45) is 0 Å². The van der Waals surface area contributed by atoms with Crippen LogP contribution in [0.2, 0.25) is 0 Å². The van der Waals surface area contributed by atoms with Crippen LogP contribution in [0.5, 0.6) is 0 Å². The lowest BCUT2D eigenvalue weighted by atomic mass is 9.95. The monoisotopic (exact) mass is 403 g/mol. The van der Waals surface area contributed by atoms with Gasteiger partial charge in [-0.05, 0) is 48.9 Å². The van der Waals surface area contributed by atoms with E-state index in [4.69, 9.17) is 14.6 Å². The van der Waals surface area contributed by atoms with Crippen molar-refractivity contribution >= 4 is 34.2 Å². The number of hydrogen-bond acceptors (Lipinski definition) is 7. The zero-order valence-corrected chi connectivity index (χ0v) is 16.3. The molecule has 1 heterocycles. The van der Waals surface area contributed by atoms with Crippen molar-refractivity contribution in [1.29, 1.82) is 0 Å². The molecule has 0 saturated heterocycles. The van der Waals surface area contributed by atoms with Gasteiger partial charge in [-0.2, -0.15) is 0 Å². The molecule has 1 aromatic heterocycles. The van der Waals surface area contributed by atoms with Crippen LogP contribution in [0.25, 0.3) is 0 Å². The first kappa shape index (κ1) is 20.0. The van der Waals surface area contributed by atoms with Gasteiger partial charge in [0.15, 0.2) is 6.61 Å². The Morgan fingerprint density at radius 3 is 2.50 bits per heavy atom. The van der Waals surface area contributed by atoms with Crippen molar-refractivity contribution in [2.45, 2.75) is 32.3 Å². The molecule has 8 heteroatoms. The van der Waals surface area contributed by atoms with E-state index in [1.807, 2.05) is 0 Å². The summed E-state index contributed by atoms with van der Waals surface area (Å²) in [6.07, 6.45) is 3.70. The van der Waals surface area contributed by atoms with Gasteiger partial charge in [-0.1, -0.05) is 12.1 Å². The van der Waals surface area contributed by atoms with E-state index >= 15 is 0 Å². The van der Waals surface area contributed by atoms with Gasteiger partial charge in [-0.3, -0.25) is 4.79 Å². The number of ether oxygens (including phenoxy) is 2. The van der Waals surface area contributed by atoms with Crippen molar-refractivity contribution < 1.29 is 29.0 Å². The first-order valence-electron chi connectivity index (χ1n) is 8.93. The molecule has 1 aliphatic rings. The number of aliphatic hydroxyl groups excluding tert-OH is 1. The van der Waals surface area contributed by atoms with Crippen molar-refractivity contribution in [3.63, 3.8) is 0 Å². The third kappa shape index (κ3) is 4.40. The SMILES string of the molecule is COC(=O)c1c(NC(=O)COC(=O)c2ccc(CO)cc2)sc2c1CCCC2. The largest absolute Gasteiger partial charge is 0.465 e. The molecule has 0 aliphatic heterocycles. The summed E-state index contributed by atoms with van der Waals surface area (Å²) < 4.78 is 9.91. The lowest BCUT2D eigenvalue weighted by Crippen LogP contribution is -2.21. The first-order chi connectivity index (χ1) is 13.5. The molecule has 1 amide bonds. The van der Waals surface area contributed by atoms with Crippen molar-refractivity contribution in [3.05, 3.63) is 51.4 Å². The number of fused-ring (bicyclic) bond motifs is 1. The smallest absolute Gasteiger partial charge is 0.341 e. The second-order valence-electron chi connectivity index (χ2n) is 6.39. The molecule has 0 atom stereocenters. The zero-order valence-electron chi connectivity index (χ0n) is 15.4. The average molecular weight is 403 g/mol. The lowest BCUT2D eigenvalue weighted by Gasteiger charge is -2.11. The Hall–Kier alpha value is -2.71. The van der Waals surface area contributed by atoms with Gasteiger partial charge in [0, 0.05) is 4.88 Å². The Morgan fingerprint density at radius 1 is 1.11 bits per heavy atom. The van der Waals surface area contributed by atoms with Gasteiger partial charge in [-0.15, -0.1) is 11.3 Å². The summed E-state index contributed by atoms with van der Waals surface area (Å²) in [5.74, 6) is -1.64. The second kappa shape index (κ2) is 8.99. The molecule has 0 unspecified atom stereocenters. The summed E-state index contributed by atoms with van der Waals surface area (Å²) in [5.41, 5.74) is 2.30. The number of aliphatic hydroxyl groups is 1. The van der Waals surface area contributed by atoms with E-state index in [-0.39, 0.29) is 12.2 Å². The Labute approximate surface area is 166 Å². The molecule has 0 spiro atoms. The molecule has 1 aliphatic carbocycles. The molecule has 0 bridgehead atoms. The van der Waals surface area contributed by atoms with E-state index in [1.54, 1.807) is 12.1 Å². The summed E-state index contributed by atoms with van der Waals surface area (Å²) in [4.78, 5) is 37.6. The Balaban J connectivity index is 1.65. The molecule has 2 aromatic rings. The number of carbonyl (C=O) groups is 3. The van der Waals surface area contributed by atoms with Crippen LogP contribution in [0.1, 0.15) is 49.6 Å². The number of esters is 2. The van der Waals surface area contributed by atoms with Crippen LogP contribution in [0.4, 0.5) is 5.00 Å². The quantitative estimate of drug-likeness (QED) is 0.719. The van der Waals surface area contributed by atoms with E-state index < -0.39 is 24.5 Å². The first-order valence-corrected chi connectivity index (χ1v) is 9.74. The molecule has 0 fully saturated rings. The van der Waals surface area contributed by atoms with Crippen LogP contribution < -0.4 is 5.32 Å². The number of hydrogen-bond donors (Lipinski definition) is 2. The minimum atomic E-state index is -0.640. The highest BCUT2D eigenvalue weighted by Crippen LogP contribution is 2.38. The molecule has 7 nitrogen and oxygen atoms in total. The number of aryl methyl sites for hydroxylation is 1. The number of nitrogens with one attached hydrogen (secondary N) is 1. The third-order valence-corrected chi connectivity index (χ3v) is 5.73. The zero-order chi connectivity index (χ0) is 20.1. The lowest BCUT2D eigenvalue weighted by molar-refractivity contribution is -0.119. The van der Waals surface area contributed by atoms with Crippen LogP contribution >= 0.6 is 11.3 Å². The summed E-state index contributed by atoms with van der Waals surface area (Å²) in [7, 11) is 1.31. The van der Waals surface area contributed by atoms with Crippen LogP contribution in [0.3, 0.4) is 0 Å². The molecular formula is C20H21NO6S. The number of thiophene rings is 1. The Kier molecular flexibility index (Phi) is 6.43. The fourth-order valence-corrected chi connectivity index (χ4v) is 4.39. The van der Waals surface area contributed by atoms with Crippen molar-refractivity contribution in [2.75, 3.05) is 19.0 Å². The average Bonchev–Trinajstić information content (AvgIpc) is 3.09. The maximum atomic E-state index is 12.3. The van der Waals surface area contributed by atoms with Gasteiger partial charge >= 0.3 is 11.9 Å². The number of anilines is 1. The van der Waals surface area contributed by atoms with Gasteiger partial charge in [0.2, 0.25) is 0 Å². The van der Waals surface area contributed by atoms with Crippen LogP contribution in [-0.4, -0.2) is 36.7 Å². The van der Waals surface area contributed by atoms with E-state index in [2.05, 4.69) is 5.32 Å². The predicted octanol–water partition coefficient (Wildman–Crippen LogP) is 2.70. The van der Waals surface area contributed by atoms with E-state index in [9.17, 15) is 14.4 Å². The predicted molar refractivity (Wildman–Crippen MR) is 104 cm³/mol. The van der Waals surface area contributed by atoms with Gasteiger partial charge in [0.1, 0.15) is 5.00 Å². The van der Waals surface area contributed by atoms with E-state index in [1.165, 1.54) is 30.6 Å². The summed E-state index contributed by atoms with van der Waals surface area (Å²) >= 11 is 1.37. The van der Waals surface area contributed by atoms with Crippen LogP contribution in [0.15, 0.2) is 24.3 Å². The highest BCUT2D eigenvalue weighted by molar-refractivity contribution is 7.17. The van der Waals surface area contributed by atoms with Gasteiger partial charge < -0.3 is 19.9 Å². The normalized spacial score (nSPS) is 12.8. The van der Waals surface area contributed by atoms with Gasteiger partial charge in [0.25, 0.3) is 5.91 Å².